The van der Waals surface area contributed by atoms with Crippen molar-refractivity contribution in [2.75, 3.05) is 11.9 Å². The molecule has 0 unspecified atom stereocenters. The average Bonchev–Trinajstić information content (AvgIpc) is 2.71. The Bertz CT molecular complexity index is 959. The number of hydrogen-bond acceptors (Lipinski definition) is 7. The summed E-state index contributed by atoms with van der Waals surface area (Å²) in [4.78, 5) is 19.1. The standard InChI is InChI=1S/C21H22N4O4/c1-3-4-13-28-17-11-7-16(8-12-17)24-20-19(25(26)27)21(23-14-22-20)29-18-9-5-15(2)6-10-18/h5-12,14H,3-4,13H2,1-2H3,(H,22,23,24). The van der Waals surface area contributed by atoms with E-state index in [0.29, 0.717) is 18.0 Å². The third-order valence-corrected chi connectivity index (χ3v) is 4.09. The number of hydrogen-bond donors (Lipinski definition) is 1. The van der Waals surface area contributed by atoms with Crippen molar-refractivity contribution in [2.45, 2.75) is 26.7 Å². The summed E-state index contributed by atoms with van der Waals surface area (Å²) in [5.74, 6) is 1.11. The Morgan fingerprint density at radius 3 is 2.38 bits per heavy atom. The van der Waals surface area contributed by atoms with Gasteiger partial charge in [-0.05, 0) is 49.7 Å². The number of anilines is 2. The maximum atomic E-state index is 11.7. The van der Waals surface area contributed by atoms with Crippen LogP contribution in [0.1, 0.15) is 25.3 Å². The van der Waals surface area contributed by atoms with Crippen molar-refractivity contribution >= 4 is 17.2 Å². The van der Waals surface area contributed by atoms with Gasteiger partial charge in [-0.3, -0.25) is 10.1 Å². The van der Waals surface area contributed by atoms with E-state index in [2.05, 4.69) is 22.2 Å². The number of nitro groups is 1. The van der Waals surface area contributed by atoms with Crippen molar-refractivity contribution in [3.05, 3.63) is 70.5 Å². The maximum Gasteiger partial charge on any atom is 0.373 e. The van der Waals surface area contributed by atoms with E-state index < -0.39 is 4.92 Å². The molecule has 1 N–H and O–H groups in total. The fourth-order valence-electron chi connectivity index (χ4n) is 2.52. The fourth-order valence-corrected chi connectivity index (χ4v) is 2.52. The van der Waals surface area contributed by atoms with Crippen LogP contribution in [0.5, 0.6) is 17.4 Å². The van der Waals surface area contributed by atoms with Crippen molar-refractivity contribution in [3.63, 3.8) is 0 Å². The molecule has 150 valence electrons. The molecular formula is C21H22N4O4. The molecule has 1 heterocycles. The smallest absolute Gasteiger partial charge is 0.373 e. The van der Waals surface area contributed by atoms with E-state index in [1.165, 1.54) is 6.33 Å². The zero-order chi connectivity index (χ0) is 20.6. The molecule has 3 aromatic rings. The summed E-state index contributed by atoms with van der Waals surface area (Å²) in [6, 6.07) is 14.3. The number of benzene rings is 2. The minimum Gasteiger partial charge on any atom is -0.494 e. The first-order chi connectivity index (χ1) is 14.1. The van der Waals surface area contributed by atoms with Gasteiger partial charge in [-0.25, -0.2) is 4.98 Å². The van der Waals surface area contributed by atoms with Crippen LogP contribution >= 0.6 is 0 Å². The third-order valence-electron chi connectivity index (χ3n) is 4.09. The largest absolute Gasteiger partial charge is 0.494 e. The fraction of sp³-hybridized carbons (Fsp3) is 0.238. The van der Waals surface area contributed by atoms with E-state index in [4.69, 9.17) is 9.47 Å². The Morgan fingerprint density at radius 1 is 1.03 bits per heavy atom. The van der Waals surface area contributed by atoms with Gasteiger partial charge in [0.05, 0.1) is 11.5 Å². The van der Waals surface area contributed by atoms with Gasteiger partial charge < -0.3 is 14.8 Å². The number of rotatable bonds is 9. The number of aryl methyl sites for hydroxylation is 1. The van der Waals surface area contributed by atoms with Crippen LogP contribution in [0.4, 0.5) is 17.2 Å². The second-order valence-electron chi connectivity index (χ2n) is 6.40. The Kier molecular flexibility index (Phi) is 6.57. The molecule has 29 heavy (non-hydrogen) atoms. The highest BCUT2D eigenvalue weighted by atomic mass is 16.6. The second-order valence-corrected chi connectivity index (χ2v) is 6.40. The van der Waals surface area contributed by atoms with Crippen LogP contribution in [0, 0.1) is 17.0 Å². The van der Waals surface area contributed by atoms with Crippen molar-refractivity contribution in [2.24, 2.45) is 0 Å². The molecule has 0 aliphatic carbocycles. The Labute approximate surface area is 168 Å². The molecule has 1 aromatic heterocycles. The predicted molar refractivity (Wildman–Crippen MR) is 110 cm³/mol. The van der Waals surface area contributed by atoms with Crippen LogP contribution in [-0.4, -0.2) is 21.5 Å². The number of nitrogens with one attached hydrogen (secondary N) is 1. The molecule has 3 rings (SSSR count). The van der Waals surface area contributed by atoms with Gasteiger partial charge >= 0.3 is 11.6 Å². The Balaban J connectivity index is 1.80. The number of unbranched alkanes of at least 4 members (excludes halogenated alkanes) is 1. The summed E-state index contributed by atoms with van der Waals surface area (Å²) in [5.41, 5.74) is 1.35. The van der Waals surface area contributed by atoms with Gasteiger partial charge in [-0.1, -0.05) is 31.0 Å². The molecule has 0 fully saturated rings. The molecular weight excluding hydrogens is 372 g/mol. The maximum absolute atomic E-state index is 11.7. The highest BCUT2D eigenvalue weighted by Crippen LogP contribution is 2.35. The van der Waals surface area contributed by atoms with Crippen LogP contribution in [0.25, 0.3) is 0 Å². The molecule has 0 amide bonds. The lowest BCUT2D eigenvalue weighted by atomic mass is 10.2. The molecule has 8 nitrogen and oxygen atoms in total. The van der Waals surface area contributed by atoms with Gasteiger partial charge in [0.1, 0.15) is 17.8 Å². The van der Waals surface area contributed by atoms with Gasteiger partial charge in [0.25, 0.3) is 0 Å². The van der Waals surface area contributed by atoms with Crippen molar-refractivity contribution < 1.29 is 14.4 Å². The number of aromatic nitrogens is 2. The lowest BCUT2D eigenvalue weighted by Gasteiger charge is -2.10. The normalized spacial score (nSPS) is 10.4. The molecule has 0 spiro atoms. The first kappa shape index (κ1) is 20.1. The van der Waals surface area contributed by atoms with E-state index in [0.717, 1.165) is 24.2 Å². The summed E-state index contributed by atoms with van der Waals surface area (Å²) < 4.78 is 11.3. The molecule has 0 saturated heterocycles. The molecule has 2 aromatic carbocycles. The quantitative estimate of drug-likeness (QED) is 0.294. The van der Waals surface area contributed by atoms with Crippen LogP contribution in [0.3, 0.4) is 0 Å². The van der Waals surface area contributed by atoms with Gasteiger partial charge in [-0.15, -0.1) is 0 Å². The Hall–Kier alpha value is -3.68. The van der Waals surface area contributed by atoms with Crippen LogP contribution in [0.2, 0.25) is 0 Å². The van der Waals surface area contributed by atoms with E-state index in [1.54, 1.807) is 36.4 Å². The summed E-state index contributed by atoms with van der Waals surface area (Å²) in [5, 5.41) is 14.6. The number of nitrogens with zero attached hydrogens (tertiary/aromatic N) is 3. The van der Waals surface area contributed by atoms with Crippen molar-refractivity contribution in [1.82, 2.24) is 9.97 Å². The minimum atomic E-state index is -0.561. The van der Waals surface area contributed by atoms with E-state index >= 15 is 0 Å². The van der Waals surface area contributed by atoms with E-state index in [-0.39, 0.29) is 17.4 Å². The zero-order valence-electron chi connectivity index (χ0n) is 16.3. The minimum absolute atomic E-state index is 0.0479. The predicted octanol–water partition coefficient (Wildman–Crippen LogP) is 5.41. The summed E-state index contributed by atoms with van der Waals surface area (Å²) in [6.07, 6.45) is 3.27. The first-order valence-corrected chi connectivity index (χ1v) is 9.30. The SMILES string of the molecule is CCCCOc1ccc(Nc2ncnc(Oc3ccc(C)cc3)c2[N+](=O)[O-])cc1. The second kappa shape index (κ2) is 9.50. The first-order valence-electron chi connectivity index (χ1n) is 9.30. The zero-order valence-corrected chi connectivity index (χ0v) is 16.3. The summed E-state index contributed by atoms with van der Waals surface area (Å²) in [7, 11) is 0. The number of ether oxygens (including phenoxy) is 2. The van der Waals surface area contributed by atoms with Gasteiger partial charge in [0, 0.05) is 5.69 Å². The van der Waals surface area contributed by atoms with Crippen molar-refractivity contribution in [1.29, 1.82) is 0 Å². The molecule has 0 atom stereocenters. The van der Waals surface area contributed by atoms with E-state index in [9.17, 15) is 10.1 Å². The summed E-state index contributed by atoms with van der Waals surface area (Å²) >= 11 is 0. The lowest BCUT2D eigenvalue weighted by molar-refractivity contribution is -0.385. The van der Waals surface area contributed by atoms with Crippen molar-refractivity contribution in [3.8, 4) is 17.4 Å². The molecule has 0 radical (unpaired) electrons. The monoisotopic (exact) mass is 394 g/mol. The topological polar surface area (TPSA) is 99.4 Å². The highest BCUT2D eigenvalue weighted by Gasteiger charge is 2.25. The molecule has 0 aliphatic rings. The van der Waals surface area contributed by atoms with Gasteiger partial charge in [0.15, 0.2) is 0 Å². The Morgan fingerprint density at radius 2 is 1.72 bits per heavy atom. The van der Waals surface area contributed by atoms with Crippen LogP contribution < -0.4 is 14.8 Å². The van der Waals surface area contributed by atoms with Crippen LogP contribution in [-0.2, 0) is 0 Å². The third kappa shape index (κ3) is 5.41. The molecule has 8 heteroatoms. The van der Waals surface area contributed by atoms with Gasteiger partial charge in [0.2, 0.25) is 5.82 Å². The molecule has 0 saturated carbocycles. The molecule has 0 bridgehead atoms. The van der Waals surface area contributed by atoms with Gasteiger partial charge in [-0.2, -0.15) is 4.98 Å². The molecule has 0 aliphatic heterocycles. The highest BCUT2D eigenvalue weighted by molar-refractivity contribution is 5.69. The average molecular weight is 394 g/mol. The van der Waals surface area contributed by atoms with Crippen LogP contribution in [0.15, 0.2) is 54.9 Å². The lowest BCUT2D eigenvalue weighted by Crippen LogP contribution is -2.03. The van der Waals surface area contributed by atoms with E-state index in [1.807, 2.05) is 19.1 Å². The summed E-state index contributed by atoms with van der Waals surface area (Å²) in [6.45, 7) is 4.70.